The molecule has 1 atom stereocenters. The molecule has 17 heavy (non-hydrogen) atoms. The van der Waals surface area contributed by atoms with E-state index in [1.54, 1.807) is 0 Å². The summed E-state index contributed by atoms with van der Waals surface area (Å²) >= 11 is 0. The number of fused-ring (bicyclic) bond motifs is 1. The molecule has 1 heterocycles. The number of benzene rings is 1. The summed E-state index contributed by atoms with van der Waals surface area (Å²) in [7, 11) is 0. The van der Waals surface area contributed by atoms with Crippen LogP contribution in [-0.2, 0) is 6.42 Å². The molecular formula is C14H21ClN2. The van der Waals surface area contributed by atoms with Gasteiger partial charge in [0.2, 0.25) is 0 Å². The van der Waals surface area contributed by atoms with Crippen LogP contribution in [0.4, 0.5) is 0 Å². The van der Waals surface area contributed by atoms with Gasteiger partial charge in [0.05, 0.1) is 0 Å². The van der Waals surface area contributed by atoms with E-state index in [1.165, 1.54) is 16.5 Å². The Hall–Kier alpha value is -0.990. The maximum absolute atomic E-state index is 5.89. The van der Waals surface area contributed by atoms with E-state index in [9.17, 15) is 0 Å². The molecule has 0 amide bonds. The van der Waals surface area contributed by atoms with E-state index in [2.05, 4.69) is 55.8 Å². The second-order valence-electron chi connectivity index (χ2n) is 4.85. The van der Waals surface area contributed by atoms with Crippen LogP contribution in [0.2, 0.25) is 0 Å². The largest absolute Gasteiger partial charge is 0.345 e. The second kappa shape index (κ2) is 5.56. The Morgan fingerprint density at radius 2 is 1.82 bits per heavy atom. The van der Waals surface area contributed by atoms with Crippen LogP contribution in [0, 0.1) is 0 Å². The van der Waals surface area contributed by atoms with Crippen molar-refractivity contribution in [1.82, 2.24) is 4.57 Å². The highest BCUT2D eigenvalue weighted by Crippen LogP contribution is 2.25. The topological polar surface area (TPSA) is 30.9 Å². The van der Waals surface area contributed by atoms with Crippen molar-refractivity contribution in [2.24, 2.45) is 5.73 Å². The van der Waals surface area contributed by atoms with Crippen molar-refractivity contribution in [1.29, 1.82) is 0 Å². The van der Waals surface area contributed by atoms with Crippen molar-refractivity contribution in [3.05, 3.63) is 36.0 Å². The van der Waals surface area contributed by atoms with Gasteiger partial charge in [-0.05, 0) is 38.8 Å². The fourth-order valence-corrected chi connectivity index (χ4v) is 2.21. The third-order valence-electron chi connectivity index (χ3n) is 2.92. The molecule has 2 rings (SSSR count). The molecular weight excluding hydrogens is 232 g/mol. The molecule has 0 aliphatic rings. The van der Waals surface area contributed by atoms with E-state index >= 15 is 0 Å². The van der Waals surface area contributed by atoms with Gasteiger partial charge in [0.15, 0.2) is 0 Å². The Kier molecular flexibility index (Phi) is 4.61. The summed E-state index contributed by atoms with van der Waals surface area (Å²) in [4.78, 5) is 0. The van der Waals surface area contributed by atoms with Gasteiger partial charge in [-0.3, -0.25) is 0 Å². The zero-order chi connectivity index (χ0) is 11.7. The van der Waals surface area contributed by atoms with Crippen molar-refractivity contribution in [2.75, 3.05) is 0 Å². The lowest BCUT2D eigenvalue weighted by Crippen LogP contribution is -2.17. The van der Waals surface area contributed by atoms with E-state index in [1.807, 2.05) is 0 Å². The van der Waals surface area contributed by atoms with Crippen LogP contribution in [0.5, 0.6) is 0 Å². The minimum atomic E-state index is 0. The Bertz CT molecular complexity index is 486. The molecule has 0 saturated heterocycles. The fourth-order valence-electron chi connectivity index (χ4n) is 2.21. The quantitative estimate of drug-likeness (QED) is 0.890. The Morgan fingerprint density at radius 1 is 1.18 bits per heavy atom. The molecule has 1 aromatic heterocycles. The third kappa shape index (κ3) is 2.82. The van der Waals surface area contributed by atoms with E-state index in [4.69, 9.17) is 5.73 Å². The number of hydrogen-bond donors (Lipinski definition) is 1. The van der Waals surface area contributed by atoms with Crippen LogP contribution in [0.1, 0.15) is 32.4 Å². The lowest BCUT2D eigenvalue weighted by molar-refractivity contribution is 0.618. The highest BCUT2D eigenvalue weighted by molar-refractivity contribution is 5.85. The monoisotopic (exact) mass is 252 g/mol. The van der Waals surface area contributed by atoms with Crippen molar-refractivity contribution < 1.29 is 0 Å². The van der Waals surface area contributed by atoms with Crippen LogP contribution in [0.25, 0.3) is 10.9 Å². The smallest absolute Gasteiger partial charge is 0.0485 e. The van der Waals surface area contributed by atoms with Gasteiger partial charge in [0.1, 0.15) is 0 Å². The molecule has 2 aromatic rings. The van der Waals surface area contributed by atoms with Crippen molar-refractivity contribution in [3.63, 3.8) is 0 Å². The molecule has 3 heteroatoms. The van der Waals surface area contributed by atoms with Crippen LogP contribution in [0.15, 0.2) is 30.5 Å². The molecule has 94 valence electrons. The summed E-state index contributed by atoms with van der Waals surface area (Å²) in [5.74, 6) is 0. The van der Waals surface area contributed by atoms with Crippen molar-refractivity contribution >= 4 is 23.3 Å². The molecule has 0 saturated carbocycles. The average molecular weight is 253 g/mol. The number of nitrogens with zero attached hydrogens (tertiary/aromatic N) is 1. The Balaban J connectivity index is 0.00000144. The molecule has 0 spiro atoms. The van der Waals surface area contributed by atoms with Crippen molar-refractivity contribution in [3.8, 4) is 0 Å². The van der Waals surface area contributed by atoms with Gasteiger partial charge in [-0.2, -0.15) is 0 Å². The molecule has 1 aromatic carbocycles. The summed E-state index contributed by atoms with van der Waals surface area (Å²) < 4.78 is 2.33. The fraction of sp³-hybridized carbons (Fsp3) is 0.429. The minimum Gasteiger partial charge on any atom is -0.345 e. The Morgan fingerprint density at radius 3 is 2.41 bits per heavy atom. The van der Waals surface area contributed by atoms with Gasteiger partial charge in [-0.15, -0.1) is 12.4 Å². The number of halogens is 1. The van der Waals surface area contributed by atoms with Crippen LogP contribution in [0.3, 0.4) is 0 Å². The molecule has 0 fully saturated rings. The van der Waals surface area contributed by atoms with Gasteiger partial charge in [0.25, 0.3) is 0 Å². The number of aromatic nitrogens is 1. The lowest BCUT2D eigenvalue weighted by atomic mass is 10.1. The highest BCUT2D eigenvalue weighted by atomic mass is 35.5. The van der Waals surface area contributed by atoms with Gasteiger partial charge in [-0.25, -0.2) is 0 Å². The highest BCUT2D eigenvalue weighted by Gasteiger charge is 2.10. The molecule has 2 N–H and O–H groups in total. The summed E-state index contributed by atoms with van der Waals surface area (Å²) in [5.41, 5.74) is 8.57. The molecule has 0 aliphatic heterocycles. The molecule has 1 unspecified atom stereocenters. The van der Waals surface area contributed by atoms with Gasteiger partial charge in [0, 0.05) is 29.2 Å². The maximum atomic E-state index is 5.89. The standard InChI is InChI=1S/C14H20N2.ClH/c1-10(2)16-9-12(8-11(3)15)13-6-4-5-7-14(13)16;/h4-7,9-11H,8,15H2,1-3H3;1H. The first-order valence-corrected chi connectivity index (χ1v) is 5.93. The lowest BCUT2D eigenvalue weighted by Gasteiger charge is -2.08. The summed E-state index contributed by atoms with van der Waals surface area (Å²) in [6.45, 7) is 6.48. The first kappa shape index (κ1) is 14.1. The van der Waals surface area contributed by atoms with E-state index in [0.717, 1.165) is 6.42 Å². The van der Waals surface area contributed by atoms with Gasteiger partial charge < -0.3 is 10.3 Å². The predicted molar refractivity (Wildman–Crippen MR) is 76.9 cm³/mol. The van der Waals surface area contributed by atoms with E-state index < -0.39 is 0 Å². The third-order valence-corrected chi connectivity index (χ3v) is 2.92. The minimum absolute atomic E-state index is 0. The normalized spacial score (nSPS) is 12.8. The number of para-hydroxylation sites is 1. The molecule has 0 bridgehead atoms. The predicted octanol–water partition coefficient (Wildman–Crippen LogP) is 3.53. The number of nitrogens with two attached hydrogens (primary N) is 1. The number of rotatable bonds is 3. The second-order valence-corrected chi connectivity index (χ2v) is 4.85. The summed E-state index contributed by atoms with van der Waals surface area (Å²) in [5, 5.41) is 1.34. The summed E-state index contributed by atoms with van der Waals surface area (Å²) in [6.07, 6.45) is 3.19. The summed E-state index contributed by atoms with van der Waals surface area (Å²) in [6, 6.07) is 9.26. The van der Waals surface area contributed by atoms with E-state index in [-0.39, 0.29) is 18.4 Å². The van der Waals surface area contributed by atoms with E-state index in [0.29, 0.717) is 6.04 Å². The zero-order valence-corrected chi connectivity index (χ0v) is 11.5. The van der Waals surface area contributed by atoms with Crippen LogP contribution < -0.4 is 5.73 Å². The average Bonchev–Trinajstić information content (AvgIpc) is 2.57. The van der Waals surface area contributed by atoms with Gasteiger partial charge in [-0.1, -0.05) is 18.2 Å². The Labute approximate surface area is 109 Å². The molecule has 0 radical (unpaired) electrons. The van der Waals surface area contributed by atoms with Gasteiger partial charge >= 0.3 is 0 Å². The zero-order valence-electron chi connectivity index (χ0n) is 10.7. The maximum Gasteiger partial charge on any atom is 0.0485 e. The first-order valence-electron chi connectivity index (χ1n) is 5.93. The van der Waals surface area contributed by atoms with Crippen molar-refractivity contribution in [2.45, 2.75) is 39.3 Å². The van der Waals surface area contributed by atoms with Crippen LogP contribution >= 0.6 is 12.4 Å². The SMILES string of the molecule is CC(N)Cc1cn(C(C)C)c2ccccc12.Cl. The molecule has 0 aliphatic carbocycles. The van der Waals surface area contributed by atoms with Crippen LogP contribution in [-0.4, -0.2) is 10.6 Å². The first-order chi connectivity index (χ1) is 7.59. The molecule has 2 nitrogen and oxygen atoms in total. The number of hydrogen-bond acceptors (Lipinski definition) is 1.